The summed E-state index contributed by atoms with van der Waals surface area (Å²) in [6, 6.07) is 11.7. The van der Waals surface area contributed by atoms with E-state index in [2.05, 4.69) is 17.1 Å². The van der Waals surface area contributed by atoms with E-state index in [1.54, 1.807) is 25.5 Å². The maximum Gasteiger partial charge on any atom is 0.258 e. The first-order valence-electron chi connectivity index (χ1n) is 8.67. The molecule has 2 heterocycles. The van der Waals surface area contributed by atoms with Gasteiger partial charge in [-0.15, -0.1) is 6.58 Å². The highest BCUT2D eigenvalue weighted by Crippen LogP contribution is 2.30. The monoisotopic (exact) mass is 370 g/mol. The molecule has 0 amide bonds. The van der Waals surface area contributed by atoms with Crippen molar-refractivity contribution in [3.8, 4) is 11.6 Å². The Balaban J connectivity index is 0.000000817. The first kappa shape index (κ1) is 20.3. The molecule has 0 radical (unpaired) electrons. The van der Waals surface area contributed by atoms with Gasteiger partial charge in [-0.3, -0.25) is 0 Å². The molecule has 0 aliphatic carbocycles. The van der Waals surface area contributed by atoms with Gasteiger partial charge in [0.15, 0.2) is 5.75 Å². The predicted molar refractivity (Wildman–Crippen MR) is 104 cm³/mol. The Morgan fingerprint density at radius 3 is 2.56 bits per heavy atom. The summed E-state index contributed by atoms with van der Waals surface area (Å²) in [7, 11) is 5.36. The topological polar surface area (TPSA) is 69.7 Å². The number of benzene rings is 1. The minimum atomic E-state index is 0.420. The molecule has 1 aromatic carbocycles. The molecule has 0 aliphatic heterocycles. The summed E-state index contributed by atoms with van der Waals surface area (Å²) < 4.78 is 22.1. The van der Waals surface area contributed by atoms with E-state index in [9.17, 15) is 0 Å². The molecule has 0 saturated heterocycles. The van der Waals surface area contributed by atoms with Crippen LogP contribution >= 0.6 is 0 Å². The van der Waals surface area contributed by atoms with E-state index >= 15 is 0 Å². The van der Waals surface area contributed by atoms with Gasteiger partial charge in [0.2, 0.25) is 0 Å². The fraction of sp³-hybridized carbons (Fsp3) is 0.286. The zero-order valence-electron chi connectivity index (χ0n) is 16.0. The van der Waals surface area contributed by atoms with Crippen molar-refractivity contribution in [2.24, 2.45) is 0 Å². The molecule has 0 unspecified atom stereocenters. The molecule has 27 heavy (non-hydrogen) atoms. The number of rotatable bonds is 8. The van der Waals surface area contributed by atoms with Crippen LogP contribution in [-0.4, -0.2) is 26.4 Å². The molecule has 1 N–H and O–H groups in total. The van der Waals surface area contributed by atoms with E-state index in [4.69, 9.17) is 18.4 Å². The highest BCUT2D eigenvalue weighted by Gasteiger charge is 2.20. The van der Waals surface area contributed by atoms with Gasteiger partial charge in [0.1, 0.15) is 18.1 Å². The van der Waals surface area contributed by atoms with Gasteiger partial charge in [0.05, 0.1) is 18.9 Å². The average molecular weight is 370 g/mol. The van der Waals surface area contributed by atoms with Gasteiger partial charge in [-0.2, -0.15) is 0 Å². The van der Waals surface area contributed by atoms with Crippen molar-refractivity contribution < 1.29 is 18.4 Å². The predicted octanol–water partition coefficient (Wildman–Crippen LogP) is 4.01. The van der Waals surface area contributed by atoms with E-state index < -0.39 is 0 Å². The van der Waals surface area contributed by atoms with Gasteiger partial charge >= 0.3 is 0 Å². The van der Waals surface area contributed by atoms with Crippen molar-refractivity contribution in [3.05, 3.63) is 78.0 Å². The molecule has 3 aromatic rings. The van der Waals surface area contributed by atoms with Crippen LogP contribution in [0.1, 0.15) is 22.6 Å². The largest absolute Gasteiger partial charge is 0.493 e. The molecule has 0 spiro atoms. The van der Waals surface area contributed by atoms with Gasteiger partial charge in [-0.1, -0.05) is 36.4 Å². The molecule has 6 heteroatoms. The van der Waals surface area contributed by atoms with Crippen LogP contribution in [0.25, 0.3) is 0 Å². The summed E-state index contributed by atoms with van der Waals surface area (Å²) >= 11 is 0. The lowest BCUT2D eigenvalue weighted by Crippen LogP contribution is -2.00. The van der Waals surface area contributed by atoms with Gasteiger partial charge < -0.3 is 23.7 Å². The molecule has 0 aliphatic rings. The normalized spacial score (nSPS) is 10.0. The Labute approximate surface area is 159 Å². The van der Waals surface area contributed by atoms with Crippen molar-refractivity contribution >= 4 is 0 Å². The lowest BCUT2D eigenvalue weighted by molar-refractivity contribution is 0.265. The molecule has 144 valence electrons. The van der Waals surface area contributed by atoms with Crippen molar-refractivity contribution in [1.29, 1.82) is 0 Å². The second-order valence-corrected chi connectivity index (χ2v) is 5.75. The minimum Gasteiger partial charge on any atom is -0.493 e. The Morgan fingerprint density at radius 2 is 1.89 bits per heavy atom. The molecular weight excluding hydrogens is 344 g/mol. The van der Waals surface area contributed by atoms with Crippen LogP contribution in [0, 0.1) is 0 Å². The summed E-state index contributed by atoms with van der Waals surface area (Å²) in [5.74, 6) is 2.58. The van der Waals surface area contributed by atoms with Crippen LogP contribution < -0.4 is 14.8 Å². The zero-order chi connectivity index (χ0) is 19.5. The van der Waals surface area contributed by atoms with Crippen LogP contribution in [0.15, 0.2) is 64.3 Å². The van der Waals surface area contributed by atoms with E-state index in [1.165, 1.54) is 0 Å². The highest BCUT2D eigenvalue weighted by atomic mass is 16.5. The lowest BCUT2D eigenvalue weighted by Gasteiger charge is -2.06. The fourth-order valence-corrected chi connectivity index (χ4v) is 2.43. The molecule has 3 rings (SSSR count). The number of hydrogen-bond donors (Lipinski definition) is 1. The molecule has 6 nitrogen and oxygen atoms in total. The number of hydrogen-bond acceptors (Lipinski definition) is 6. The van der Waals surface area contributed by atoms with Gasteiger partial charge in [0, 0.05) is 18.9 Å². The lowest BCUT2D eigenvalue weighted by atomic mass is 10.1. The summed E-state index contributed by atoms with van der Waals surface area (Å²) in [6.07, 6.45) is 4.41. The quantitative estimate of drug-likeness (QED) is 0.604. The van der Waals surface area contributed by atoms with Crippen molar-refractivity contribution in [3.63, 3.8) is 0 Å². The van der Waals surface area contributed by atoms with Crippen LogP contribution in [-0.2, 0) is 19.4 Å². The number of furan rings is 1. The van der Waals surface area contributed by atoms with Gasteiger partial charge in [-0.25, -0.2) is 0 Å². The smallest absolute Gasteiger partial charge is 0.258 e. The number of nitrogens with zero attached hydrogens (tertiary/aromatic N) is 1. The highest BCUT2D eigenvalue weighted by molar-refractivity contribution is 5.37. The first-order chi connectivity index (χ1) is 13.2. The van der Waals surface area contributed by atoms with E-state index in [0.29, 0.717) is 42.6 Å². The molecule has 0 bridgehead atoms. The maximum absolute atomic E-state index is 5.85. The summed E-state index contributed by atoms with van der Waals surface area (Å²) in [5.41, 5.74) is 1.91. The molecule has 2 aromatic heterocycles. The zero-order valence-corrected chi connectivity index (χ0v) is 16.0. The summed E-state index contributed by atoms with van der Waals surface area (Å²) in [6.45, 7) is 4.17. The number of methoxy groups -OCH3 is 1. The average Bonchev–Trinajstić information content (AvgIpc) is 3.29. The number of nitrogens with one attached hydrogen (secondary N) is 1. The first-order valence-corrected chi connectivity index (χ1v) is 8.67. The maximum atomic E-state index is 5.85. The number of allylic oxidation sites excluding steroid dienone is 1. The number of ether oxygens (including phenoxy) is 2. The second kappa shape index (κ2) is 10.9. The Hall–Kier alpha value is -2.99. The van der Waals surface area contributed by atoms with Crippen molar-refractivity contribution in [2.75, 3.05) is 21.2 Å². The Bertz CT molecular complexity index is 809. The SMILES string of the molecule is C=CCc1onc(OCc2ccccc2)c1Cc1occc1OC.CNC. The van der Waals surface area contributed by atoms with Crippen LogP contribution in [0.2, 0.25) is 0 Å². The third kappa shape index (κ3) is 5.76. The van der Waals surface area contributed by atoms with Crippen molar-refractivity contribution in [1.82, 2.24) is 10.5 Å². The number of aromatic nitrogens is 1. The summed E-state index contributed by atoms with van der Waals surface area (Å²) in [4.78, 5) is 0. The van der Waals surface area contributed by atoms with Crippen LogP contribution in [0.4, 0.5) is 0 Å². The Morgan fingerprint density at radius 1 is 1.15 bits per heavy atom. The molecule has 0 saturated carbocycles. The van der Waals surface area contributed by atoms with Crippen LogP contribution in [0.5, 0.6) is 11.6 Å². The van der Waals surface area contributed by atoms with E-state index in [-0.39, 0.29) is 0 Å². The standard InChI is InChI=1S/C19H19NO4.C2H7N/c1-3-7-16-15(12-18-17(21-2)10-11-22-18)19(20-24-16)23-13-14-8-5-4-6-9-14;1-3-2/h3-6,8-11H,1,7,12-13H2,2H3;3H,1-2H3. The fourth-order valence-electron chi connectivity index (χ4n) is 2.43. The third-order valence-electron chi connectivity index (χ3n) is 3.64. The van der Waals surface area contributed by atoms with Gasteiger partial charge in [-0.05, 0) is 24.8 Å². The summed E-state index contributed by atoms with van der Waals surface area (Å²) in [5, 5.41) is 6.81. The third-order valence-corrected chi connectivity index (χ3v) is 3.64. The van der Waals surface area contributed by atoms with Crippen molar-refractivity contribution in [2.45, 2.75) is 19.4 Å². The Kier molecular flexibility index (Phi) is 8.19. The minimum absolute atomic E-state index is 0.420. The van der Waals surface area contributed by atoms with E-state index in [1.807, 2.05) is 44.4 Å². The van der Waals surface area contributed by atoms with Gasteiger partial charge in [0.25, 0.3) is 5.88 Å². The molecular formula is C21H26N2O4. The van der Waals surface area contributed by atoms with Crippen LogP contribution in [0.3, 0.4) is 0 Å². The second-order valence-electron chi connectivity index (χ2n) is 5.75. The molecule has 0 fully saturated rings. The molecule has 0 atom stereocenters. The van der Waals surface area contributed by atoms with E-state index in [0.717, 1.165) is 11.1 Å².